The van der Waals surface area contributed by atoms with Crippen LogP contribution in [0.5, 0.6) is 0 Å². The van der Waals surface area contributed by atoms with Gasteiger partial charge in [0.1, 0.15) is 0 Å². The van der Waals surface area contributed by atoms with Crippen molar-refractivity contribution in [2.24, 2.45) is 0 Å². The Morgan fingerprint density at radius 3 is 2.93 bits per heavy atom. The van der Waals surface area contributed by atoms with Crippen LogP contribution in [0.25, 0.3) is 0 Å². The van der Waals surface area contributed by atoms with Gasteiger partial charge in [0.05, 0.1) is 0 Å². The van der Waals surface area contributed by atoms with E-state index in [0.29, 0.717) is 0 Å². The van der Waals surface area contributed by atoms with E-state index in [0.717, 1.165) is 19.6 Å². The van der Waals surface area contributed by atoms with E-state index in [-0.39, 0.29) is 0 Å². The van der Waals surface area contributed by atoms with E-state index in [1.165, 1.54) is 14.9 Å². The Morgan fingerprint density at radius 1 is 1.67 bits per heavy atom. The summed E-state index contributed by atoms with van der Waals surface area (Å²) in [4.78, 5) is 3.65. The first-order valence-electron chi connectivity index (χ1n) is 4.84. The van der Waals surface area contributed by atoms with Crippen molar-refractivity contribution >= 4 is 27.3 Å². The van der Waals surface area contributed by atoms with E-state index < -0.39 is 0 Å². The predicted octanol–water partition coefficient (Wildman–Crippen LogP) is 2.72. The van der Waals surface area contributed by atoms with Crippen LogP contribution in [0.3, 0.4) is 0 Å². The van der Waals surface area contributed by atoms with Gasteiger partial charge in [-0.15, -0.1) is 11.3 Å². The Balaban J connectivity index is 2.35. The molecule has 1 heterocycles. The van der Waals surface area contributed by atoms with E-state index in [1.807, 2.05) is 7.05 Å². The van der Waals surface area contributed by atoms with Gasteiger partial charge >= 0.3 is 0 Å². The second-order valence-electron chi connectivity index (χ2n) is 3.68. The van der Waals surface area contributed by atoms with E-state index in [1.54, 1.807) is 11.3 Å². The fourth-order valence-corrected chi connectivity index (χ4v) is 2.98. The molecule has 0 aliphatic heterocycles. The Labute approximate surface area is 104 Å². The summed E-state index contributed by atoms with van der Waals surface area (Å²) < 4.78 is 1.17. The zero-order valence-electron chi connectivity index (χ0n) is 9.22. The maximum absolute atomic E-state index is 4.02. The molecule has 0 aliphatic rings. The van der Waals surface area contributed by atoms with E-state index in [4.69, 9.17) is 0 Å². The van der Waals surface area contributed by atoms with Crippen molar-refractivity contribution < 1.29 is 0 Å². The lowest BCUT2D eigenvalue weighted by Crippen LogP contribution is -2.24. The highest BCUT2D eigenvalue weighted by molar-refractivity contribution is 9.10. The molecular weight excluding hydrogens is 272 g/mol. The average Bonchev–Trinajstić information content (AvgIpc) is 2.51. The highest BCUT2D eigenvalue weighted by Gasteiger charge is 2.04. The molecule has 1 rings (SSSR count). The van der Waals surface area contributed by atoms with Crippen molar-refractivity contribution in [1.82, 2.24) is 10.2 Å². The lowest BCUT2D eigenvalue weighted by molar-refractivity contribution is 0.356. The summed E-state index contributed by atoms with van der Waals surface area (Å²) in [5.74, 6) is 0. The van der Waals surface area contributed by atoms with Crippen molar-refractivity contribution in [2.75, 3.05) is 27.2 Å². The van der Waals surface area contributed by atoms with Crippen LogP contribution in [0.4, 0.5) is 0 Å². The lowest BCUT2D eigenvalue weighted by Gasteiger charge is -2.16. The van der Waals surface area contributed by atoms with E-state index >= 15 is 0 Å². The molecule has 0 spiro atoms. The standard InChI is InChI=1S/C11H17BrN2S/c1-9(5-13-2)6-14(3)7-11-4-10(12)8-15-11/h4,8,13H,1,5-7H2,2-3H3. The normalized spacial score (nSPS) is 10.9. The molecule has 0 saturated carbocycles. The van der Waals surface area contributed by atoms with Crippen LogP contribution >= 0.6 is 27.3 Å². The van der Waals surface area contributed by atoms with Gasteiger partial charge in [-0.2, -0.15) is 0 Å². The van der Waals surface area contributed by atoms with Crippen LogP contribution in [-0.4, -0.2) is 32.1 Å². The third kappa shape index (κ3) is 4.93. The highest BCUT2D eigenvalue weighted by Crippen LogP contribution is 2.20. The molecule has 0 aliphatic carbocycles. The van der Waals surface area contributed by atoms with Crippen LogP contribution < -0.4 is 5.32 Å². The molecule has 0 atom stereocenters. The van der Waals surface area contributed by atoms with Gasteiger partial charge in [0.15, 0.2) is 0 Å². The van der Waals surface area contributed by atoms with Gasteiger partial charge in [-0.25, -0.2) is 0 Å². The number of thiophene rings is 1. The topological polar surface area (TPSA) is 15.3 Å². The number of hydrogen-bond acceptors (Lipinski definition) is 3. The van der Waals surface area contributed by atoms with Crippen LogP contribution in [0.2, 0.25) is 0 Å². The second-order valence-corrected chi connectivity index (χ2v) is 5.60. The SMILES string of the molecule is C=C(CNC)CN(C)Cc1cc(Br)cs1. The Hall–Kier alpha value is -0.160. The van der Waals surface area contributed by atoms with Crippen molar-refractivity contribution in [3.8, 4) is 0 Å². The molecule has 2 nitrogen and oxygen atoms in total. The Bertz CT molecular complexity index is 322. The van der Waals surface area contributed by atoms with Gasteiger partial charge in [0.25, 0.3) is 0 Å². The smallest absolute Gasteiger partial charge is 0.0328 e. The van der Waals surface area contributed by atoms with Crippen molar-refractivity contribution in [1.29, 1.82) is 0 Å². The molecule has 84 valence electrons. The summed E-state index contributed by atoms with van der Waals surface area (Å²) in [6.45, 7) is 6.83. The lowest BCUT2D eigenvalue weighted by atomic mass is 10.3. The molecule has 0 aromatic carbocycles. The van der Waals surface area contributed by atoms with Crippen molar-refractivity contribution in [3.63, 3.8) is 0 Å². The largest absolute Gasteiger partial charge is 0.316 e. The summed E-state index contributed by atoms with van der Waals surface area (Å²) in [6.07, 6.45) is 0. The quantitative estimate of drug-likeness (QED) is 0.810. The van der Waals surface area contributed by atoms with Crippen molar-refractivity contribution in [3.05, 3.63) is 32.9 Å². The number of hydrogen-bond donors (Lipinski definition) is 1. The summed E-state index contributed by atoms with van der Waals surface area (Å²) in [5.41, 5.74) is 1.22. The Morgan fingerprint density at radius 2 is 2.40 bits per heavy atom. The minimum atomic E-state index is 0.887. The summed E-state index contributed by atoms with van der Waals surface area (Å²) in [5, 5.41) is 5.23. The zero-order valence-corrected chi connectivity index (χ0v) is 11.6. The fraction of sp³-hybridized carbons (Fsp3) is 0.455. The van der Waals surface area contributed by atoms with Gasteiger partial charge in [-0.1, -0.05) is 6.58 Å². The molecule has 0 radical (unpaired) electrons. The molecule has 0 saturated heterocycles. The molecule has 1 N–H and O–H groups in total. The summed E-state index contributed by atoms with van der Waals surface area (Å²) >= 11 is 5.25. The van der Waals surface area contributed by atoms with Crippen LogP contribution in [-0.2, 0) is 6.54 Å². The minimum absolute atomic E-state index is 0.887. The molecular formula is C11H17BrN2S. The van der Waals surface area contributed by atoms with Gasteiger partial charge in [-0.3, -0.25) is 4.90 Å². The van der Waals surface area contributed by atoms with Gasteiger partial charge in [0, 0.05) is 34.4 Å². The molecule has 1 aromatic rings. The first-order valence-corrected chi connectivity index (χ1v) is 6.51. The van der Waals surface area contributed by atoms with Crippen LogP contribution in [0.1, 0.15) is 4.88 Å². The molecule has 15 heavy (non-hydrogen) atoms. The number of rotatable bonds is 6. The highest BCUT2D eigenvalue weighted by atomic mass is 79.9. The maximum Gasteiger partial charge on any atom is 0.0328 e. The van der Waals surface area contributed by atoms with Gasteiger partial charge in [0.2, 0.25) is 0 Å². The molecule has 0 bridgehead atoms. The third-order valence-electron chi connectivity index (χ3n) is 1.97. The first-order chi connectivity index (χ1) is 7.11. The molecule has 0 fully saturated rings. The third-order valence-corrected chi connectivity index (χ3v) is 3.65. The number of halogens is 1. The number of nitrogens with one attached hydrogen (secondary N) is 1. The number of nitrogens with zero attached hydrogens (tertiary/aromatic N) is 1. The maximum atomic E-state index is 4.02. The molecule has 0 unspecified atom stereocenters. The first kappa shape index (κ1) is 12.9. The van der Waals surface area contributed by atoms with Crippen LogP contribution in [0.15, 0.2) is 28.1 Å². The molecule has 1 aromatic heterocycles. The Kier molecular flexibility index (Phi) is 5.53. The average molecular weight is 289 g/mol. The summed E-state index contributed by atoms with van der Waals surface area (Å²) in [7, 11) is 4.07. The monoisotopic (exact) mass is 288 g/mol. The van der Waals surface area contributed by atoms with Crippen LogP contribution in [0, 0.1) is 0 Å². The second kappa shape index (κ2) is 6.43. The predicted molar refractivity (Wildman–Crippen MR) is 71.4 cm³/mol. The minimum Gasteiger partial charge on any atom is -0.316 e. The fourth-order valence-electron chi connectivity index (χ4n) is 1.45. The van der Waals surface area contributed by atoms with Gasteiger partial charge in [-0.05, 0) is 41.7 Å². The van der Waals surface area contributed by atoms with E-state index in [2.05, 4.69) is 51.2 Å². The molecule has 4 heteroatoms. The summed E-state index contributed by atoms with van der Waals surface area (Å²) in [6, 6.07) is 2.17. The van der Waals surface area contributed by atoms with E-state index in [9.17, 15) is 0 Å². The van der Waals surface area contributed by atoms with Crippen molar-refractivity contribution in [2.45, 2.75) is 6.54 Å². The molecule has 0 amide bonds. The zero-order chi connectivity index (χ0) is 11.3. The van der Waals surface area contributed by atoms with Gasteiger partial charge < -0.3 is 5.32 Å². The number of likely N-dealkylation sites (N-methyl/N-ethyl adjacent to an activating group) is 2.